The minimum Gasteiger partial charge on any atom is -0.497 e. The summed E-state index contributed by atoms with van der Waals surface area (Å²) < 4.78 is 51.3. The van der Waals surface area contributed by atoms with E-state index in [2.05, 4.69) is 0 Å². The number of hydrogen-bond acceptors (Lipinski definition) is 5. The Kier molecular flexibility index (Phi) is 7.11. The number of fused-ring (bicyclic) bond motifs is 1. The summed E-state index contributed by atoms with van der Waals surface area (Å²) in [5.41, 5.74) is -1.54. The van der Waals surface area contributed by atoms with Crippen LogP contribution in [0.3, 0.4) is 0 Å². The number of amides is 3. The van der Waals surface area contributed by atoms with Gasteiger partial charge in [0.05, 0.1) is 57.0 Å². The number of carbonyl (C=O) groups excluding carboxylic acids is 3. The second-order valence-corrected chi connectivity index (χ2v) is 10.3. The molecule has 0 saturated carbocycles. The zero-order valence-corrected chi connectivity index (χ0v) is 23.3. The van der Waals surface area contributed by atoms with Gasteiger partial charge in [-0.05, 0) is 36.4 Å². The molecule has 1 saturated heterocycles. The van der Waals surface area contributed by atoms with Crippen LogP contribution in [0.4, 0.5) is 18.9 Å². The molecule has 3 aromatic carbocycles. The summed E-state index contributed by atoms with van der Waals surface area (Å²) in [7, 11) is 2.74. The highest BCUT2D eigenvalue weighted by atomic mass is 35.5. The Morgan fingerprint density at radius 3 is 1.88 bits per heavy atom. The molecule has 0 spiro atoms. The van der Waals surface area contributed by atoms with Crippen LogP contribution < -0.4 is 14.4 Å². The van der Waals surface area contributed by atoms with Crippen LogP contribution in [0.1, 0.15) is 37.9 Å². The zero-order chi connectivity index (χ0) is 29.3. The van der Waals surface area contributed by atoms with Crippen molar-refractivity contribution in [3.63, 3.8) is 0 Å². The van der Waals surface area contributed by atoms with Crippen LogP contribution in [0.15, 0.2) is 42.5 Å². The van der Waals surface area contributed by atoms with E-state index in [1.807, 2.05) is 0 Å². The topological polar surface area (TPSA) is 76.1 Å². The first-order valence-corrected chi connectivity index (χ1v) is 12.8. The number of halogens is 7. The number of β-lactam (4-membered cyclic amide) rings is 1. The SMILES string of the molecule is COc1ccc(OC)c(C2C(N3C(=O)c4c(Cl)c(Cl)c(Cl)c(Cl)c4C3=O)C(=O)N2c2cccc(C(F)(F)F)c2)c1. The van der Waals surface area contributed by atoms with Gasteiger partial charge in [-0.3, -0.25) is 19.3 Å². The van der Waals surface area contributed by atoms with Crippen molar-refractivity contribution < 1.29 is 37.0 Å². The number of carbonyl (C=O) groups is 3. The van der Waals surface area contributed by atoms with E-state index in [0.717, 1.165) is 23.1 Å². The molecule has 2 unspecified atom stereocenters. The highest BCUT2D eigenvalue weighted by molar-refractivity contribution is 6.55. The first-order chi connectivity index (χ1) is 18.8. The number of benzene rings is 3. The third-order valence-corrected chi connectivity index (χ3v) is 8.49. The van der Waals surface area contributed by atoms with Crippen LogP contribution in [0, 0.1) is 0 Å². The Bertz CT molecular complexity index is 1570. The van der Waals surface area contributed by atoms with E-state index >= 15 is 0 Å². The lowest BCUT2D eigenvalue weighted by Gasteiger charge is -2.50. The largest absolute Gasteiger partial charge is 0.497 e. The lowest BCUT2D eigenvalue weighted by atomic mass is 9.85. The quantitative estimate of drug-likeness (QED) is 0.130. The van der Waals surface area contributed by atoms with Gasteiger partial charge in [-0.15, -0.1) is 0 Å². The fourth-order valence-corrected chi connectivity index (χ4v) is 5.86. The van der Waals surface area contributed by atoms with Crippen LogP contribution >= 0.6 is 46.4 Å². The first kappa shape index (κ1) is 28.4. The van der Waals surface area contributed by atoms with Gasteiger partial charge in [0, 0.05) is 11.3 Å². The molecule has 0 aliphatic carbocycles. The van der Waals surface area contributed by atoms with E-state index in [9.17, 15) is 27.6 Å². The third kappa shape index (κ3) is 4.16. The van der Waals surface area contributed by atoms with Crippen LogP contribution in [-0.4, -0.2) is 42.9 Å². The van der Waals surface area contributed by atoms with Gasteiger partial charge in [0.15, 0.2) is 0 Å². The smallest absolute Gasteiger partial charge is 0.416 e. The molecular weight excluding hydrogens is 619 g/mol. The van der Waals surface area contributed by atoms with Crippen molar-refractivity contribution in [2.24, 2.45) is 0 Å². The Morgan fingerprint density at radius 2 is 1.35 bits per heavy atom. The van der Waals surface area contributed by atoms with Gasteiger partial charge in [0.2, 0.25) is 0 Å². The molecule has 3 aromatic rings. The molecule has 0 radical (unpaired) electrons. The monoisotopic (exact) mass is 632 g/mol. The van der Waals surface area contributed by atoms with Crippen molar-refractivity contribution >= 4 is 69.8 Å². The molecule has 208 valence electrons. The van der Waals surface area contributed by atoms with Crippen molar-refractivity contribution in [2.45, 2.75) is 18.3 Å². The van der Waals surface area contributed by atoms with Crippen LogP contribution in [-0.2, 0) is 11.0 Å². The van der Waals surface area contributed by atoms with Crippen LogP contribution in [0.5, 0.6) is 11.5 Å². The normalized spacial score (nSPS) is 18.7. The number of rotatable bonds is 5. The molecule has 2 heterocycles. The second-order valence-electron chi connectivity index (χ2n) is 8.74. The minimum atomic E-state index is -4.69. The summed E-state index contributed by atoms with van der Waals surface area (Å²) in [5, 5.41) is -1.17. The maximum absolute atomic E-state index is 13.7. The van der Waals surface area contributed by atoms with E-state index in [4.69, 9.17) is 55.9 Å². The molecule has 0 N–H and O–H groups in total. The second kappa shape index (κ2) is 10.0. The van der Waals surface area contributed by atoms with Gasteiger partial charge in [0.25, 0.3) is 17.7 Å². The highest BCUT2D eigenvalue weighted by Crippen LogP contribution is 2.51. The molecule has 7 nitrogen and oxygen atoms in total. The molecule has 40 heavy (non-hydrogen) atoms. The average Bonchev–Trinajstić information content (AvgIpc) is 3.18. The van der Waals surface area contributed by atoms with Crippen molar-refractivity contribution in [1.82, 2.24) is 4.90 Å². The summed E-state index contributed by atoms with van der Waals surface area (Å²) in [6.07, 6.45) is -4.69. The van der Waals surface area contributed by atoms with Crippen molar-refractivity contribution in [3.8, 4) is 11.5 Å². The van der Waals surface area contributed by atoms with Crippen molar-refractivity contribution in [1.29, 1.82) is 0 Å². The lowest BCUT2D eigenvalue weighted by molar-refractivity contribution is -0.137. The van der Waals surface area contributed by atoms with E-state index in [-0.39, 0.29) is 48.2 Å². The van der Waals surface area contributed by atoms with Gasteiger partial charge in [-0.2, -0.15) is 13.2 Å². The molecule has 2 aliphatic heterocycles. The Hall–Kier alpha value is -3.18. The number of ether oxygens (including phenoxy) is 2. The number of methoxy groups -OCH3 is 2. The van der Waals surface area contributed by atoms with Crippen molar-refractivity contribution in [3.05, 3.63) is 84.8 Å². The zero-order valence-electron chi connectivity index (χ0n) is 20.3. The lowest BCUT2D eigenvalue weighted by Crippen LogP contribution is -2.67. The molecule has 0 aromatic heterocycles. The molecule has 3 amide bonds. The number of alkyl halides is 3. The molecule has 5 rings (SSSR count). The number of imide groups is 1. The molecule has 2 aliphatic rings. The molecule has 0 bridgehead atoms. The molecular formula is C26H15Cl4F3N2O5. The summed E-state index contributed by atoms with van der Waals surface area (Å²) in [5.74, 6) is -2.24. The van der Waals surface area contributed by atoms with E-state index in [1.165, 1.54) is 32.4 Å². The molecule has 14 heteroatoms. The van der Waals surface area contributed by atoms with E-state index in [0.29, 0.717) is 10.6 Å². The summed E-state index contributed by atoms with van der Waals surface area (Å²) in [4.78, 5) is 42.6. The van der Waals surface area contributed by atoms with Gasteiger partial charge in [-0.25, -0.2) is 0 Å². The number of anilines is 1. The van der Waals surface area contributed by atoms with E-state index in [1.54, 1.807) is 6.07 Å². The van der Waals surface area contributed by atoms with Crippen molar-refractivity contribution in [2.75, 3.05) is 19.1 Å². The first-order valence-electron chi connectivity index (χ1n) is 11.3. The van der Waals surface area contributed by atoms with Gasteiger partial charge >= 0.3 is 6.18 Å². The molecule has 1 fully saturated rings. The summed E-state index contributed by atoms with van der Waals surface area (Å²) in [6.45, 7) is 0. The van der Waals surface area contributed by atoms with E-state index < -0.39 is 41.5 Å². The Labute approximate surface area is 244 Å². The van der Waals surface area contributed by atoms with Crippen LogP contribution in [0.2, 0.25) is 20.1 Å². The summed E-state index contributed by atoms with van der Waals surface area (Å²) in [6, 6.07) is 5.97. The van der Waals surface area contributed by atoms with Crippen LogP contribution in [0.25, 0.3) is 0 Å². The average molecular weight is 634 g/mol. The fourth-order valence-electron chi connectivity index (χ4n) is 4.84. The van der Waals surface area contributed by atoms with Gasteiger partial charge < -0.3 is 14.4 Å². The minimum absolute atomic E-state index is 0.121. The predicted octanol–water partition coefficient (Wildman–Crippen LogP) is 7.09. The standard InChI is InChI=1S/C26H15Cl4F3N2O5/c1-39-12-6-7-14(40-2)13(9-12)21-22(25(38)34(21)11-5-3-4-10(8-11)26(31,32)33)35-23(36)15-16(24(35)37)18(28)20(30)19(29)17(15)27/h3-9,21-22H,1-2H3. The third-order valence-electron chi connectivity index (χ3n) is 6.69. The number of nitrogens with zero attached hydrogens (tertiary/aromatic N) is 2. The van der Waals surface area contributed by atoms with Gasteiger partial charge in [-0.1, -0.05) is 52.5 Å². The maximum Gasteiger partial charge on any atom is 0.416 e. The highest BCUT2D eigenvalue weighted by Gasteiger charge is 2.59. The van der Waals surface area contributed by atoms with Gasteiger partial charge in [0.1, 0.15) is 17.5 Å². The fraction of sp³-hybridized carbons (Fsp3) is 0.192. The summed E-state index contributed by atoms with van der Waals surface area (Å²) >= 11 is 24.7. The Morgan fingerprint density at radius 1 is 0.750 bits per heavy atom. The predicted molar refractivity (Wildman–Crippen MR) is 142 cm³/mol. The number of hydrogen-bond donors (Lipinski definition) is 0. The maximum atomic E-state index is 13.7. The molecule has 2 atom stereocenters. The Balaban J connectivity index is 1.69.